The highest BCUT2D eigenvalue weighted by molar-refractivity contribution is 5.78. The molecule has 104 valence electrons. The zero-order valence-electron chi connectivity index (χ0n) is 11.0. The molecule has 1 heterocycles. The van der Waals surface area contributed by atoms with Crippen molar-refractivity contribution >= 4 is 5.91 Å². The molecule has 2 rings (SSSR count). The van der Waals surface area contributed by atoms with Gasteiger partial charge in [0.15, 0.2) is 0 Å². The molecule has 0 bridgehead atoms. The van der Waals surface area contributed by atoms with E-state index in [1.54, 1.807) is 0 Å². The largest absolute Gasteiger partial charge is 0.392 e. The van der Waals surface area contributed by atoms with Crippen LogP contribution in [0.25, 0.3) is 0 Å². The van der Waals surface area contributed by atoms with Gasteiger partial charge in [0.25, 0.3) is 0 Å². The Balaban J connectivity index is 2.04. The molecule has 5 heteroatoms. The summed E-state index contributed by atoms with van der Waals surface area (Å²) in [6.45, 7) is 2.47. The molecular weight excluding hydrogens is 242 g/mol. The van der Waals surface area contributed by atoms with Gasteiger partial charge in [-0.3, -0.25) is 15.1 Å². The van der Waals surface area contributed by atoms with Crippen molar-refractivity contribution in [2.24, 2.45) is 5.84 Å². The van der Waals surface area contributed by atoms with Gasteiger partial charge in [0.1, 0.15) is 0 Å². The van der Waals surface area contributed by atoms with Gasteiger partial charge in [-0.1, -0.05) is 24.3 Å². The molecule has 0 aliphatic carbocycles. The summed E-state index contributed by atoms with van der Waals surface area (Å²) < 4.78 is 0. The Bertz CT molecular complexity index is 436. The number of β-amino-alcohol motifs (C(OH)–C–C–N with tert-alkyl or cyclic N) is 1. The second-order valence-corrected chi connectivity index (χ2v) is 5.04. The summed E-state index contributed by atoms with van der Waals surface area (Å²) >= 11 is 0. The molecule has 19 heavy (non-hydrogen) atoms. The van der Waals surface area contributed by atoms with Crippen LogP contribution in [0.2, 0.25) is 0 Å². The van der Waals surface area contributed by atoms with E-state index >= 15 is 0 Å². The van der Waals surface area contributed by atoms with Crippen molar-refractivity contribution in [1.29, 1.82) is 0 Å². The number of nitrogens with two attached hydrogens (primary N) is 1. The van der Waals surface area contributed by atoms with Crippen molar-refractivity contribution in [3.05, 3.63) is 35.4 Å². The number of amides is 1. The Hall–Kier alpha value is -1.43. The molecule has 1 amide bonds. The van der Waals surface area contributed by atoms with Crippen LogP contribution in [0, 0.1) is 0 Å². The number of hydrogen-bond donors (Lipinski definition) is 3. The van der Waals surface area contributed by atoms with E-state index in [-0.39, 0.29) is 12.0 Å². The van der Waals surface area contributed by atoms with Gasteiger partial charge in [0.2, 0.25) is 5.91 Å². The summed E-state index contributed by atoms with van der Waals surface area (Å²) in [6, 6.07) is 7.87. The minimum absolute atomic E-state index is 0.189. The molecular formula is C14H21N3O2. The third-order valence-electron chi connectivity index (χ3n) is 3.50. The Morgan fingerprint density at radius 2 is 2.16 bits per heavy atom. The zero-order chi connectivity index (χ0) is 13.7. The van der Waals surface area contributed by atoms with Crippen LogP contribution in [0.3, 0.4) is 0 Å². The number of carbonyl (C=O) groups is 1. The Morgan fingerprint density at radius 3 is 2.84 bits per heavy atom. The SMILES string of the molecule is NNC(=O)Cc1ccccc1CN1CCCC(O)C1. The number of piperidine rings is 1. The molecule has 0 radical (unpaired) electrons. The molecule has 1 aliphatic heterocycles. The standard InChI is InChI=1S/C14H21N3O2/c15-16-14(19)8-11-4-1-2-5-12(11)9-17-7-3-6-13(18)10-17/h1-2,4-5,13,18H,3,6-10,15H2,(H,16,19). The lowest BCUT2D eigenvalue weighted by molar-refractivity contribution is -0.120. The Morgan fingerprint density at radius 1 is 1.42 bits per heavy atom. The van der Waals surface area contributed by atoms with Gasteiger partial charge in [-0.05, 0) is 30.5 Å². The van der Waals surface area contributed by atoms with E-state index in [0.717, 1.165) is 37.1 Å². The third kappa shape index (κ3) is 4.02. The number of likely N-dealkylation sites (tertiary alicyclic amines) is 1. The number of nitrogens with zero attached hydrogens (tertiary/aromatic N) is 1. The van der Waals surface area contributed by atoms with E-state index in [4.69, 9.17) is 5.84 Å². The maximum absolute atomic E-state index is 11.4. The molecule has 1 aromatic rings. The average Bonchev–Trinajstić information content (AvgIpc) is 2.41. The third-order valence-corrected chi connectivity index (χ3v) is 3.50. The van der Waals surface area contributed by atoms with Crippen LogP contribution in [0.15, 0.2) is 24.3 Å². The summed E-state index contributed by atoms with van der Waals surface area (Å²) in [5.41, 5.74) is 4.28. The number of hydrazine groups is 1. The maximum Gasteiger partial charge on any atom is 0.238 e. The van der Waals surface area contributed by atoms with Crippen molar-refractivity contribution in [1.82, 2.24) is 10.3 Å². The first kappa shape index (κ1) is 14.0. The van der Waals surface area contributed by atoms with Crippen molar-refractivity contribution in [3.63, 3.8) is 0 Å². The van der Waals surface area contributed by atoms with Crippen LogP contribution in [0.1, 0.15) is 24.0 Å². The first-order valence-corrected chi connectivity index (χ1v) is 6.65. The van der Waals surface area contributed by atoms with Crippen LogP contribution < -0.4 is 11.3 Å². The molecule has 5 nitrogen and oxygen atoms in total. The fourth-order valence-electron chi connectivity index (χ4n) is 2.52. The van der Waals surface area contributed by atoms with Gasteiger partial charge < -0.3 is 5.11 Å². The molecule has 1 saturated heterocycles. The van der Waals surface area contributed by atoms with Crippen molar-refractivity contribution in [2.75, 3.05) is 13.1 Å². The number of carbonyl (C=O) groups excluding carboxylic acids is 1. The fourth-order valence-corrected chi connectivity index (χ4v) is 2.52. The van der Waals surface area contributed by atoms with Crippen LogP contribution in [-0.2, 0) is 17.8 Å². The van der Waals surface area contributed by atoms with Gasteiger partial charge in [-0.15, -0.1) is 0 Å². The topological polar surface area (TPSA) is 78.6 Å². The van der Waals surface area contributed by atoms with E-state index in [0.29, 0.717) is 13.0 Å². The van der Waals surface area contributed by atoms with Gasteiger partial charge >= 0.3 is 0 Å². The maximum atomic E-state index is 11.4. The normalized spacial score (nSPS) is 20.2. The molecule has 4 N–H and O–H groups in total. The number of benzene rings is 1. The number of aliphatic hydroxyl groups excluding tert-OH is 1. The minimum atomic E-state index is -0.228. The van der Waals surface area contributed by atoms with Gasteiger partial charge in [-0.2, -0.15) is 0 Å². The van der Waals surface area contributed by atoms with Crippen LogP contribution >= 0.6 is 0 Å². The van der Waals surface area contributed by atoms with E-state index in [1.165, 1.54) is 0 Å². The first-order valence-electron chi connectivity index (χ1n) is 6.65. The molecule has 0 aromatic heterocycles. The van der Waals surface area contributed by atoms with Crippen molar-refractivity contribution in [2.45, 2.75) is 31.9 Å². The lowest BCUT2D eigenvalue weighted by Crippen LogP contribution is -2.38. The van der Waals surface area contributed by atoms with E-state index < -0.39 is 0 Å². The molecule has 0 saturated carbocycles. The number of aliphatic hydroxyl groups is 1. The van der Waals surface area contributed by atoms with Gasteiger partial charge in [0, 0.05) is 13.1 Å². The lowest BCUT2D eigenvalue weighted by Gasteiger charge is -2.30. The van der Waals surface area contributed by atoms with E-state index in [2.05, 4.69) is 10.3 Å². The van der Waals surface area contributed by atoms with Crippen molar-refractivity contribution < 1.29 is 9.90 Å². The predicted octanol–water partition coefficient (Wildman–Crippen LogP) is 0.176. The molecule has 1 aromatic carbocycles. The first-order chi connectivity index (χ1) is 9.19. The highest BCUT2D eigenvalue weighted by Crippen LogP contribution is 2.16. The summed E-state index contributed by atoms with van der Waals surface area (Å²) in [7, 11) is 0. The zero-order valence-corrected chi connectivity index (χ0v) is 11.0. The fraction of sp³-hybridized carbons (Fsp3) is 0.500. The highest BCUT2D eigenvalue weighted by Gasteiger charge is 2.18. The van der Waals surface area contributed by atoms with Crippen LogP contribution in [0.4, 0.5) is 0 Å². The molecule has 0 spiro atoms. The van der Waals surface area contributed by atoms with Crippen LogP contribution in [-0.4, -0.2) is 35.1 Å². The van der Waals surface area contributed by atoms with E-state index in [9.17, 15) is 9.90 Å². The summed E-state index contributed by atoms with van der Waals surface area (Å²) in [5, 5.41) is 9.69. The van der Waals surface area contributed by atoms with Gasteiger partial charge in [-0.25, -0.2) is 5.84 Å². The Kier molecular flexibility index (Phi) is 4.90. The Labute approximate surface area is 113 Å². The second kappa shape index (κ2) is 6.65. The lowest BCUT2D eigenvalue weighted by atomic mass is 10.0. The van der Waals surface area contributed by atoms with Crippen molar-refractivity contribution in [3.8, 4) is 0 Å². The molecule has 1 aliphatic rings. The van der Waals surface area contributed by atoms with Gasteiger partial charge in [0.05, 0.1) is 12.5 Å². The summed E-state index contributed by atoms with van der Waals surface area (Å²) in [6.07, 6.45) is 1.97. The molecule has 1 fully saturated rings. The predicted molar refractivity (Wildman–Crippen MR) is 73.0 cm³/mol. The molecule has 1 unspecified atom stereocenters. The number of hydrogen-bond acceptors (Lipinski definition) is 4. The number of rotatable bonds is 4. The van der Waals surface area contributed by atoms with Crippen LogP contribution in [0.5, 0.6) is 0 Å². The summed E-state index contributed by atoms with van der Waals surface area (Å²) in [5.74, 6) is 4.94. The molecule has 1 atom stereocenters. The quantitative estimate of drug-likeness (QED) is 0.411. The van der Waals surface area contributed by atoms with E-state index in [1.807, 2.05) is 24.3 Å². The smallest absolute Gasteiger partial charge is 0.238 e. The minimum Gasteiger partial charge on any atom is -0.392 e. The summed E-state index contributed by atoms with van der Waals surface area (Å²) in [4.78, 5) is 13.6. The monoisotopic (exact) mass is 263 g/mol. The number of nitrogens with one attached hydrogen (secondary N) is 1. The average molecular weight is 263 g/mol. The highest BCUT2D eigenvalue weighted by atomic mass is 16.3. The second-order valence-electron chi connectivity index (χ2n) is 5.04.